The van der Waals surface area contributed by atoms with Crippen molar-refractivity contribution in [2.24, 2.45) is 5.73 Å². The SMILES string of the molecule is CC[C@H](CO)NC(=O)C(N)CCS(C)(=O)=O. The normalized spacial score (nSPS) is 15.5. The summed E-state index contributed by atoms with van der Waals surface area (Å²) >= 11 is 0. The van der Waals surface area contributed by atoms with Crippen molar-refractivity contribution in [2.75, 3.05) is 18.6 Å². The maximum atomic E-state index is 11.4. The van der Waals surface area contributed by atoms with Gasteiger partial charge < -0.3 is 16.2 Å². The second-order valence-corrected chi connectivity index (χ2v) is 6.08. The fourth-order valence-corrected chi connectivity index (χ4v) is 1.74. The molecule has 0 saturated heterocycles. The second-order valence-electron chi connectivity index (χ2n) is 3.82. The summed E-state index contributed by atoms with van der Waals surface area (Å²) in [5.74, 6) is -0.540. The van der Waals surface area contributed by atoms with Gasteiger partial charge in [-0.05, 0) is 12.8 Å². The minimum atomic E-state index is -3.10. The number of aliphatic hydroxyl groups excluding tert-OH is 1. The first kappa shape index (κ1) is 15.3. The van der Waals surface area contributed by atoms with Crippen LogP contribution in [-0.2, 0) is 14.6 Å². The zero-order valence-corrected chi connectivity index (χ0v) is 10.5. The average Bonchev–Trinajstić information content (AvgIpc) is 2.20. The van der Waals surface area contributed by atoms with Crippen molar-refractivity contribution in [1.29, 1.82) is 0 Å². The van der Waals surface area contributed by atoms with E-state index in [9.17, 15) is 13.2 Å². The Labute approximate surface area is 96.1 Å². The first-order valence-corrected chi connectivity index (χ1v) is 7.20. The number of hydrogen-bond acceptors (Lipinski definition) is 5. The highest BCUT2D eigenvalue weighted by Crippen LogP contribution is 1.96. The van der Waals surface area contributed by atoms with Gasteiger partial charge in [-0.15, -0.1) is 0 Å². The van der Waals surface area contributed by atoms with Crippen molar-refractivity contribution in [2.45, 2.75) is 31.8 Å². The number of nitrogens with one attached hydrogen (secondary N) is 1. The van der Waals surface area contributed by atoms with Crippen LogP contribution in [-0.4, -0.2) is 50.1 Å². The van der Waals surface area contributed by atoms with E-state index in [1.54, 1.807) is 0 Å². The summed E-state index contributed by atoms with van der Waals surface area (Å²) in [7, 11) is -3.10. The molecule has 0 heterocycles. The number of aliphatic hydroxyl groups is 1. The molecule has 0 aliphatic carbocycles. The molecular formula is C9H20N2O4S. The van der Waals surface area contributed by atoms with E-state index in [-0.39, 0.29) is 24.8 Å². The highest BCUT2D eigenvalue weighted by atomic mass is 32.2. The molecule has 0 saturated carbocycles. The van der Waals surface area contributed by atoms with E-state index in [2.05, 4.69) is 5.32 Å². The Bertz CT molecular complexity index is 311. The summed E-state index contributed by atoms with van der Waals surface area (Å²) in [6, 6.07) is -1.17. The fraction of sp³-hybridized carbons (Fsp3) is 0.889. The topological polar surface area (TPSA) is 109 Å². The Morgan fingerprint density at radius 3 is 2.44 bits per heavy atom. The van der Waals surface area contributed by atoms with Gasteiger partial charge in [-0.1, -0.05) is 6.92 Å². The Morgan fingerprint density at radius 2 is 2.06 bits per heavy atom. The Hall–Kier alpha value is -0.660. The van der Waals surface area contributed by atoms with Crippen LogP contribution in [0.4, 0.5) is 0 Å². The lowest BCUT2D eigenvalue weighted by molar-refractivity contribution is -0.123. The van der Waals surface area contributed by atoms with Crippen LogP contribution in [0.2, 0.25) is 0 Å². The Kier molecular flexibility index (Phi) is 6.54. The average molecular weight is 252 g/mol. The van der Waals surface area contributed by atoms with Gasteiger partial charge in [-0.3, -0.25) is 4.79 Å². The molecular weight excluding hydrogens is 232 g/mol. The van der Waals surface area contributed by atoms with E-state index >= 15 is 0 Å². The predicted octanol–water partition coefficient (Wildman–Crippen LogP) is -1.36. The van der Waals surface area contributed by atoms with Crippen LogP contribution in [0.3, 0.4) is 0 Å². The lowest BCUT2D eigenvalue weighted by Gasteiger charge is -2.17. The van der Waals surface area contributed by atoms with Crippen molar-refractivity contribution >= 4 is 15.7 Å². The summed E-state index contributed by atoms with van der Waals surface area (Å²) in [6.45, 7) is 1.67. The van der Waals surface area contributed by atoms with E-state index in [0.29, 0.717) is 6.42 Å². The number of nitrogens with two attached hydrogens (primary N) is 1. The van der Waals surface area contributed by atoms with Gasteiger partial charge in [0.05, 0.1) is 24.4 Å². The van der Waals surface area contributed by atoms with Gasteiger partial charge in [0.15, 0.2) is 0 Å². The minimum Gasteiger partial charge on any atom is -0.394 e. The van der Waals surface area contributed by atoms with Crippen molar-refractivity contribution < 1.29 is 18.3 Å². The standard InChI is InChI=1S/C9H20N2O4S/c1-3-7(6-12)11-9(13)8(10)4-5-16(2,14)15/h7-8,12H,3-6,10H2,1-2H3,(H,11,13)/t7-,8?/m1/s1. The zero-order chi connectivity index (χ0) is 12.8. The summed E-state index contributed by atoms with van der Waals surface area (Å²) in [5.41, 5.74) is 5.52. The molecule has 0 aromatic rings. The third kappa shape index (κ3) is 6.76. The summed E-state index contributed by atoms with van der Waals surface area (Å²) in [6.07, 6.45) is 1.79. The first-order valence-electron chi connectivity index (χ1n) is 5.14. The van der Waals surface area contributed by atoms with Gasteiger partial charge in [-0.2, -0.15) is 0 Å². The van der Waals surface area contributed by atoms with Gasteiger partial charge in [0.1, 0.15) is 9.84 Å². The molecule has 0 aliphatic rings. The van der Waals surface area contributed by atoms with E-state index in [4.69, 9.17) is 10.8 Å². The molecule has 0 aromatic carbocycles. The molecule has 0 aromatic heterocycles. The van der Waals surface area contributed by atoms with Crippen molar-refractivity contribution in [3.63, 3.8) is 0 Å². The van der Waals surface area contributed by atoms with Gasteiger partial charge in [0.2, 0.25) is 5.91 Å². The molecule has 96 valence electrons. The molecule has 0 aliphatic heterocycles. The quantitative estimate of drug-likeness (QED) is 0.518. The van der Waals surface area contributed by atoms with Gasteiger partial charge >= 0.3 is 0 Å². The van der Waals surface area contributed by atoms with E-state index in [0.717, 1.165) is 6.26 Å². The van der Waals surface area contributed by atoms with Crippen LogP contribution in [0, 0.1) is 0 Å². The Balaban J connectivity index is 4.09. The van der Waals surface area contributed by atoms with E-state index < -0.39 is 21.8 Å². The number of amides is 1. The number of sulfone groups is 1. The molecule has 0 bridgehead atoms. The molecule has 2 atom stereocenters. The molecule has 7 heteroatoms. The maximum absolute atomic E-state index is 11.4. The number of rotatable bonds is 7. The van der Waals surface area contributed by atoms with Crippen LogP contribution in [0.1, 0.15) is 19.8 Å². The lowest BCUT2D eigenvalue weighted by Crippen LogP contribution is -2.47. The molecule has 1 unspecified atom stereocenters. The van der Waals surface area contributed by atoms with Crippen molar-refractivity contribution in [1.82, 2.24) is 5.32 Å². The molecule has 4 N–H and O–H groups in total. The van der Waals surface area contributed by atoms with Crippen LogP contribution in [0.5, 0.6) is 0 Å². The molecule has 0 radical (unpaired) electrons. The highest BCUT2D eigenvalue weighted by molar-refractivity contribution is 7.90. The molecule has 16 heavy (non-hydrogen) atoms. The smallest absolute Gasteiger partial charge is 0.237 e. The highest BCUT2D eigenvalue weighted by Gasteiger charge is 2.18. The summed E-state index contributed by atoms with van der Waals surface area (Å²) in [5, 5.41) is 11.4. The summed E-state index contributed by atoms with van der Waals surface area (Å²) in [4.78, 5) is 11.4. The fourth-order valence-electron chi connectivity index (χ4n) is 1.06. The number of carbonyl (C=O) groups excluding carboxylic acids is 1. The van der Waals surface area contributed by atoms with Crippen LogP contribution in [0.15, 0.2) is 0 Å². The molecule has 0 fully saturated rings. The van der Waals surface area contributed by atoms with Gasteiger partial charge in [0.25, 0.3) is 0 Å². The molecule has 6 nitrogen and oxygen atoms in total. The van der Waals surface area contributed by atoms with Crippen LogP contribution < -0.4 is 11.1 Å². The van der Waals surface area contributed by atoms with Crippen LogP contribution >= 0.6 is 0 Å². The number of carbonyl (C=O) groups is 1. The van der Waals surface area contributed by atoms with Crippen LogP contribution in [0.25, 0.3) is 0 Å². The zero-order valence-electron chi connectivity index (χ0n) is 9.64. The third-order valence-corrected chi connectivity index (χ3v) is 3.17. The molecule has 0 rings (SSSR count). The van der Waals surface area contributed by atoms with Gasteiger partial charge in [0, 0.05) is 6.26 Å². The predicted molar refractivity (Wildman–Crippen MR) is 61.6 cm³/mol. The largest absolute Gasteiger partial charge is 0.394 e. The monoisotopic (exact) mass is 252 g/mol. The first-order chi connectivity index (χ1) is 7.30. The second kappa shape index (κ2) is 6.82. The third-order valence-electron chi connectivity index (χ3n) is 2.20. The van der Waals surface area contributed by atoms with Gasteiger partial charge in [-0.25, -0.2) is 8.42 Å². The van der Waals surface area contributed by atoms with E-state index in [1.807, 2.05) is 6.92 Å². The minimum absolute atomic E-state index is 0.0898. The molecule has 1 amide bonds. The lowest BCUT2D eigenvalue weighted by atomic mass is 10.2. The van der Waals surface area contributed by atoms with Crippen molar-refractivity contribution in [3.8, 4) is 0 Å². The van der Waals surface area contributed by atoms with Crippen molar-refractivity contribution in [3.05, 3.63) is 0 Å². The summed E-state index contributed by atoms with van der Waals surface area (Å²) < 4.78 is 21.7. The maximum Gasteiger partial charge on any atom is 0.237 e. The number of hydrogen-bond donors (Lipinski definition) is 3. The van der Waals surface area contributed by atoms with E-state index in [1.165, 1.54) is 0 Å². The Morgan fingerprint density at radius 1 is 1.50 bits per heavy atom. The molecule has 0 spiro atoms.